The first-order chi connectivity index (χ1) is 7.68. The predicted molar refractivity (Wildman–Crippen MR) is 68.3 cm³/mol. The maximum Gasteiger partial charge on any atom is 0.0471 e. The van der Waals surface area contributed by atoms with Crippen molar-refractivity contribution in [2.24, 2.45) is 0 Å². The normalized spacial score (nSPS) is 18.0. The Morgan fingerprint density at radius 2 is 1.94 bits per heavy atom. The van der Waals surface area contributed by atoms with Gasteiger partial charge in [-0.05, 0) is 41.9 Å². The van der Waals surface area contributed by atoms with Crippen LogP contribution in [0.3, 0.4) is 0 Å². The van der Waals surface area contributed by atoms with Crippen molar-refractivity contribution in [2.45, 2.75) is 38.5 Å². The summed E-state index contributed by atoms with van der Waals surface area (Å²) in [5.41, 5.74) is 2.62. The van der Waals surface area contributed by atoms with E-state index in [4.69, 9.17) is 16.3 Å². The fourth-order valence-corrected chi connectivity index (χ4v) is 2.59. The molecular formula is C14H19ClO. The fraction of sp³-hybridized carbons (Fsp3) is 0.571. The summed E-state index contributed by atoms with van der Waals surface area (Å²) in [4.78, 5) is 0. The molecule has 16 heavy (non-hydrogen) atoms. The number of ether oxygens (including phenoxy) is 1. The Labute approximate surface area is 103 Å². The van der Waals surface area contributed by atoms with Gasteiger partial charge in [0.2, 0.25) is 0 Å². The first-order valence-corrected chi connectivity index (χ1v) is 6.43. The van der Waals surface area contributed by atoms with Crippen LogP contribution in [0.25, 0.3) is 0 Å². The van der Waals surface area contributed by atoms with Gasteiger partial charge >= 0.3 is 0 Å². The van der Waals surface area contributed by atoms with Gasteiger partial charge in [0.1, 0.15) is 0 Å². The van der Waals surface area contributed by atoms with Gasteiger partial charge < -0.3 is 4.74 Å². The molecular weight excluding hydrogens is 220 g/mol. The predicted octanol–water partition coefficient (Wildman–Crippen LogP) is 4.36. The highest BCUT2D eigenvalue weighted by atomic mass is 35.5. The van der Waals surface area contributed by atoms with Crippen LogP contribution in [0.2, 0.25) is 5.02 Å². The smallest absolute Gasteiger partial charge is 0.0471 e. The minimum Gasteiger partial charge on any atom is -0.381 e. The van der Waals surface area contributed by atoms with Crippen LogP contribution in [-0.2, 0) is 4.74 Å². The average Bonchev–Trinajstić information content (AvgIpc) is 2.30. The summed E-state index contributed by atoms with van der Waals surface area (Å²) in [5.74, 6) is 1.13. The summed E-state index contributed by atoms with van der Waals surface area (Å²) in [7, 11) is 0. The lowest BCUT2D eigenvalue weighted by Gasteiger charge is -2.23. The van der Waals surface area contributed by atoms with E-state index >= 15 is 0 Å². The van der Waals surface area contributed by atoms with Crippen molar-refractivity contribution in [3.63, 3.8) is 0 Å². The lowest BCUT2D eigenvalue weighted by molar-refractivity contribution is 0.0853. The molecule has 1 aromatic carbocycles. The van der Waals surface area contributed by atoms with Crippen LogP contribution >= 0.6 is 11.6 Å². The van der Waals surface area contributed by atoms with Crippen LogP contribution < -0.4 is 0 Å². The van der Waals surface area contributed by atoms with E-state index in [0.29, 0.717) is 11.8 Å². The Bertz CT molecular complexity index is 354. The molecule has 0 bridgehead atoms. The summed E-state index contributed by atoms with van der Waals surface area (Å²) in [6, 6.07) is 6.53. The highest BCUT2D eigenvalue weighted by molar-refractivity contribution is 6.31. The van der Waals surface area contributed by atoms with Gasteiger partial charge in [0.25, 0.3) is 0 Å². The van der Waals surface area contributed by atoms with Crippen molar-refractivity contribution in [1.29, 1.82) is 0 Å². The molecule has 1 aromatic rings. The van der Waals surface area contributed by atoms with E-state index in [2.05, 4.69) is 32.0 Å². The molecule has 1 saturated heterocycles. The Hall–Kier alpha value is -0.530. The number of hydrogen-bond donors (Lipinski definition) is 0. The average molecular weight is 239 g/mol. The third-order valence-corrected chi connectivity index (χ3v) is 3.68. The Morgan fingerprint density at radius 1 is 1.25 bits per heavy atom. The number of benzene rings is 1. The minimum atomic E-state index is 0.543. The van der Waals surface area contributed by atoms with Gasteiger partial charge in [-0.3, -0.25) is 0 Å². The molecule has 1 aliphatic rings. The second kappa shape index (κ2) is 5.20. The zero-order chi connectivity index (χ0) is 11.5. The van der Waals surface area contributed by atoms with Crippen LogP contribution in [-0.4, -0.2) is 13.2 Å². The Kier molecular flexibility index (Phi) is 3.88. The Balaban J connectivity index is 2.21. The van der Waals surface area contributed by atoms with Crippen molar-refractivity contribution in [3.8, 4) is 0 Å². The first kappa shape index (κ1) is 11.9. The zero-order valence-corrected chi connectivity index (χ0v) is 10.8. The molecule has 0 atom stereocenters. The van der Waals surface area contributed by atoms with Crippen LogP contribution in [0.5, 0.6) is 0 Å². The van der Waals surface area contributed by atoms with Gasteiger partial charge in [-0.2, -0.15) is 0 Å². The zero-order valence-electron chi connectivity index (χ0n) is 10.0. The quantitative estimate of drug-likeness (QED) is 0.744. The van der Waals surface area contributed by atoms with Crippen LogP contribution in [0, 0.1) is 0 Å². The van der Waals surface area contributed by atoms with E-state index in [0.717, 1.165) is 31.1 Å². The topological polar surface area (TPSA) is 9.23 Å². The maximum absolute atomic E-state index is 6.37. The molecule has 0 amide bonds. The van der Waals surface area contributed by atoms with E-state index in [-0.39, 0.29) is 0 Å². The van der Waals surface area contributed by atoms with E-state index in [1.54, 1.807) is 0 Å². The molecule has 0 radical (unpaired) electrons. The molecule has 1 heterocycles. The van der Waals surface area contributed by atoms with E-state index in [1.165, 1.54) is 11.1 Å². The lowest BCUT2D eigenvalue weighted by atomic mass is 9.90. The van der Waals surface area contributed by atoms with Crippen LogP contribution in [0.15, 0.2) is 18.2 Å². The van der Waals surface area contributed by atoms with Crippen molar-refractivity contribution >= 4 is 11.6 Å². The molecule has 2 heteroatoms. The molecule has 1 fully saturated rings. The standard InChI is InChI=1S/C14H19ClO/c1-10(2)12-3-4-13(14(15)9-12)11-5-7-16-8-6-11/h3-4,9-11H,5-8H2,1-2H3. The number of hydrogen-bond acceptors (Lipinski definition) is 1. The molecule has 1 nitrogen and oxygen atoms in total. The van der Waals surface area contributed by atoms with Crippen molar-refractivity contribution < 1.29 is 4.74 Å². The number of halogens is 1. The summed E-state index contributed by atoms with van der Waals surface area (Å²) in [6.07, 6.45) is 2.20. The summed E-state index contributed by atoms with van der Waals surface area (Å²) < 4.78 is 5.38. The highest BCUT2D eigenvalue weighted by Gasteiger charge is 2.18. The van der Waals surface area contributed by atoms with Gasteiger partial charge in [0.05, 0.1) is 0 Å². The van der Waals surface area contributed by atoms with E-state index in [1.807, 2.05) is 0 Å². The third-order valence-electron chi connectivity index (χ3n) is 3.35. The van der Waals surface area contributed by atoms with Crippen LogP contribution in [0.4, 0.5) is 0 Å². The summed E-state index contributed by atoms with van der Waals surface area (Å²) >= 11 is 6.37. The van der Waals surface area contributed by atoms with E-state index in [9.17, 15) is 0 Å². The molecule has 1 aliphatic heterocycles. The summed E-state index contributed by atoms with van der Waals surface area (Å²) in [5, 5.41) is 0.929. The molecule has 0 saturated carbocycles. The van der Waals surface area contributed by atoms with Gasteiger partial charge in [-0.15, -0.1) is 0 Å². The molecule has 88 valence electrons. The maximum atomic E-state index is 6.37. The lowest BCUT2D eigenvalue weighted by Crippen LogP contribution is -2.14. The second-order valence-corrected chi connectivity index (χ2v) is 5.23. The molecule has 0 aromatic heterocycles. The van der Waals surface area contributed by atoms with Crippen molar-refractivity contribution in [2.75, 3.05) is 13.2 Å². The highest BCUT2D eigenvalue weighted by Crippen LogP contribution is 2.33. The molecule has 0 N–H and O–H groups in total. The molecule has 0 spiro atoms. The second-order valence-electron chi connectivity index (χ2n) is 4.82. The third kappa shape index (κ3) is 2.58. The summed E-state index contributed by atoms with van der Waals surface area (Å²) in [6.45, 7) is 6.12. The van der Waals surface area contributed by atoms with Crippen LogP contribution in [0.1, 0.15) is 49.7 Å². The van der Waals surface area contributed by atoms with Gasteiger partial charge in [-0.1, -0.05) is 37.6 Å². The largest absolute Gasteiger partial charge is 0.381 e. The van der Waals surface area contributed by atoms with Gasteiger partial charge in [-0.25, -0.2) is 0 Å². The Morgan fingerprint density at radius 3 is 2.50 bits per heavy atom. The molecule has 2 rings (SSSR count). The van der Waals surface area contributed by atoms with Crippen molar-refractivity contribution in [3.05, 3.63) is 34.3 Å². The molecule has 0 unspecified atom stereocenters. The number of rotatable bonds is 2. The van der Waals surface area contributed by atoms with E-state index < -0.39 is 0 Å². The monoisotopic (exact) mass is 238 g/mol. The minimum absolute atomic E-state index is 0.543. The first-order valence-electron chi connectivity index (χ1n) is 6.05. The molecule has 0 aliphatic carbocycles. The SMILES string of the molecule is CC(C)c1ccc(C2CCOCC2)c(Cl)c1. The van der Waals surface area contributed by atoms with Crippen molar-refractivity contribution in [1.82, 2.24) is 0 Å². The fourth-order valence-electron chi connectivity index (χ4n) is 2.24. The van der Waals surface area contributed by atoms with Gasteiger partial charge in [0, 0.05) is 18.2 Å². The van der Waals surface area contributed by atoms with Gasteiger partial charge in [0.15, 0.2) is 0 Å².